The molecule has 1 aliphatic rings. The van der Waals surface area contributed by atoms with Crippen molar-refractivity contribution in [2.75, 3.05) is 6.61 Å². The number of carboxylic acid groups (broad SMARTS) is 1. The van der Waals surface area contributed by atoms with Gasteiger partial charge in [0.2, 0.25) is 0 Å². The lowest BCUT2D eigenvalue weighted by Crippen LogP contribution is -2.48. The quantitative estimate of drug-likeness (QED) is 0.712. The lowest BCUT2D eigenvalue weighted by Gasteiger charge is -2.19. The molecule has 0 radical (unpaired) electrons. The smallest absolute Gasteiger partial charge is 0.328 e. The summed E-state index contributed by atoms with van der Waals surface area (Å²) in [5, 5.41) is 19.9. The van der Waals surface area contributed by atoms with Gasteiger partial charge in [0.15, 0.2) is 6.04 Å². The van der Waals surface area contributed by atoms with Gasteiger partial charge in [0.25, 0.3) is 0 Å². The lowest BCUT2D eigenvalue weighted by molar-refractivity contribution is -0.140. The molecule has 6 heteroatoms. The van der Waals surface area contributed by atoms with E-state index in [0.717, 1.165) is 11.1 Å². The van der Waals surface area contributed by atoms with Crippen LogP contribution in [-0.4, -0.2) is 39.8 Å². The number of rotatable bonds is 3. The Balaban J connectivity index is 1.99. The molecule has 3 N–H and O–H groups in total. The van der Waals surface area contributed by atoms with Crippen molar-refractivity contribution in [2.24, 2.45) is 0 Å². The normalized spacial score (nSPS) is 15.1. The third kappa shape index (κ3) is 2.43. The van der Waals surface area contributed by atoms with Crippen molar-refractivity contribution >= 4 is 12.0 Å². The average molecular weight is 250 g/mol. The van der Waals surface area contributed by atoms with Crippen LogP contribution < -0.4 is 5.32 Å². The Kier molecular flexibility index (Phi) is 3.47. The van der Waals surface area contributed by atoms with Crippen LogP contribution in [0.3, 0.4) is 0 Å². The number of hydrogen-bond acceptors (Lipinski definition) is 3. The monoisotopic (exact) mass is 250 g/mol. The Bertz CT molecular complexity index is 450. The molecular weight excluding hydrogens is 236 g/mol. The zero-order valence-corrected chi connectivity index (χ0v) is 9.67. The number of carbonyl (C=O) groups is 2. The maximum Gasteiger partial charge on any atom is 0.328 e. The van der Waals surface area contributed by atoms with Gasteiger partial charge >= 0.3 is 12.0 Å². The van der Waals surface area contributed by atoms with E-state index >= 15 is 0 Å². The molecule has 1 aliphatic heterocycles. The molecule has 1 atom stereocenters. The summed E-state index contributed by atoms with van der Waals surface area (Å²) >= 11 is 0. The minimum Gasteiger partial charge on any atom is -0.480 e. The first kappa shape index (κ1) is 12.4. The molecule has 2 amide bonds. The van der Waals surface area contributed by atoms with Crippen LogP contribution in [0.5, 0.6) is 0 Å². The second-order valence-electron chi connectivity index (χ2n) is 4.15. The molecule has 0 bridgehead atoms. The molecule has 0 spiro atoms. The molecule has 0 saturated heterocycles. The number of carbonyl (C=O) groups excluding carboxylic acids is 1. The van der Waals surface area contributed by atoms with Gasteiger partial charge in [-0.15, -0.1) is 0 Å². The van der Waals surface area contributed by atoms with Gasteiger partial charge < -0.3 is 20.4 Å². The maximum absolute atomic E-state index is 11.8. The van der Waals surface area contributed by atoms with Gasteiger partial charge in [0, 0.05) is 13.1 Å². The van der Waals surface area contributed by atoms with Crippen LogP contribution in [-0.2, 0) is 17.9 Å². The highest BCUT2D eigenvalue weighted by atomic mass is 16.4. The standard InChI is InChI=1S/C12H14N2O4/c15-7-10(11(16)17)13-12(18)14-5-8-3-1-2-4-9(8)6-14/h1-4,10,15H,5-7H2,(H,13,18)(H,16,17). The summed E-state index contributed by atoms with van der Waals surface area (Å²) in [7, 11) is 0. The third-order valence-electron chi connectivity index (χ3n) is 2.91. The van der Waals surface area contributed by atoms with E-state index < -0.39 is 24.6 Å². The topological polar surface area (TPSA) is 89.9 Å². The number of aliphatic hydroxyl groups excluding tert-OH is 1. The number of aliphatic carboxylic acids is 1. The van der Waals surface area contributed by atoms with Gasteiger partial charge in [0.1, 0.15) is 0 Å². The number of amides is 2. The third-order valence-corrected chi connectivity index (χ3v) is 2.91. The number of fused-ring (bicyclic) bond motifs is 1. The van der Waals surface area contributed by atoms with Crippen LogP contribution in [0.1, 0.15) is 11.1 Å². The minimum atomic E-state index is -1.26. The number of nitrogens with zero attached hydrogens (tertiary/aromatic N) is 1. The number of nitrogens with one attached hydrogen (secondary N) is 1. The van der Waals surface area contributed by atoms with Crippen molar-refractivity contribution in [3.05, 3.63) is 35.4 Å². The Morgan fingerprint density at radius 1 is 1.28 bits per heavy atom. The average Bonchev–Trinajstić information content (AvgIpc) is 2.79. The van der Waals surface area contributed by atoms with Gasteiger partial charge in [-0.3, -0.25) is 0 Å². The van der Waals surface area contributed by atoms with Crippen molar-refractivity contribution in [1.29, 1.82) is 0 Å². The summed E-state index contributed by atoms with van der Waals surface area (Å²) in [6, 6.07) is 5.92. The van der Waals surface area contributed by atoms with Gasteiger partial charge in [-0.2, -0.15) is 0 Å². The largest absolute Gasteiger partial charge is 0.480 e. The van der Waals surface area contributed by atoms with Gasteiger partial charge in [-0.05, 0) is 11.1 Å². The second kappa shape index (κ2) is 5.05. The fourth-order valence-electron chi connectivity index (χ4n) is 1.90. The second-order valence-corrected chi connectivity index (χ2v) is 4.15. The highest BCUT2D eigenvalue weighted by molar-refractivity contribution is 5.83. The molecule has 2 rings (SSSR count). The first-order valence-electron chi connectivity index (χ1n) is 5.57. The molecule has 96 valence electrons. The number of benzene rings is 1. The van der Waals surface area contributed by atoms with Gasteiger partial charge in [0.05, 0.1) is 6.61 Å². The summed E-state index contributed by atoms with van der Waals surface area (Å²) < 4.78 is 0. The maximum atomic E-state index is 11.8. The van der Waals surface area contributed by atoms with Crippen LogP contribution in [0.2, 0.25) is 0 Å². The number of aliphatic hydroxyl groups is 1. The Morgan fingerprint density at radius 2 is 1.83 bits per heavy atom. The van der Waals surface area contributed by atoms with E-state index in [4.69, 9.17) is 10.2 Å². The number of urea groups is 1. The van der Waals surface area contributed by atoms with Crippen molar-refractivity contribution in [3.63, 3.8) is 0 Å². The Labute approximate surface area is 104 Å². The number of hydrogen-bond donors (Lipinski definition) is 3. The van der Waals surface area contributed by atoms with Crippen molar-refractivity contribution < 1.29 is 19.8 Å². The molecule has 0 saturated carbocycles. The fraction of sp³-hybridized carbons (Fsp3) is 0.333. The molecule has 0 fully saturated rings. The predicted octanol–water partition coefficient (Wildman–Crippen LogP) is 0.157. The van der Waals surface area contributed by atoms with E-state index in [2.05, 4.69) is 5.32 Å². The molecule has 0 aromatic heterocycles. The number of carboxylic acids is 1. The molecule has 1 aromatic carbocycles. The van der Waals surface area contributed by atoms with E-state index in [9.17, 15) is 9.59 Å². The minimum absolute atomic E-state index is 0.458. The summed E-state index contributed by atoms with van der Waals surface area (Å²) in [6.07, 6.45) is 0. The summed E-state index contributed by atoms with van der Waals surface area (Å²) in [5.74, 6) is -1.25. The lowest BCUT2D eigenvalue weighted by atomic mass is 10.1. The van der Waals surface area contributed by atoms with Crippen LogP contribution >= 0.6 is 0 Å². The van der Waals surface area contributed by atoms with Crippen LogP contribution in [0.4, 0.5) is 4.79 Å². The van der Waals surface area contributed by atoms with Crippen LogP contribution in [0.25, 0.3) is 0 Å². The molecule has 0 aliphatic carbocycles. The molecule has 6 nitrogen and oxygen atoms in total. The molecular formula is C12H14N2O4. The fourth-order valence-corrected chi connectivity index (χ4v) is 1.90. The first-order valence-corrected chi connectivity index (χ1v) is 5.57. The first-order chi connectivity index (χ1) is 8.61. The molecule has 18 heavy (non-hydrogen) atoms. The SMILES string of the molecule is O=C(O)C(CO)NC(=O)N1Cc2ccccc2C1. The van der Waals surface area contributed by atoms with Crippen molar-refractivity contribution in [1.82, 2.24) is 10.2 Å². The highest BCUT2D eigenvalue weighted by Crippen LogP contribution is 2.21. The van der Waals surface area contributed by atoms with Gasteiger partial charge in [-0.25, -0.2) is 9.59 Å². The van der Waals surface area contributed by atoms with Crippen LogP contribution in [0, 0.1) is 0 Å². The van der Waals surface area contributed by atoms with E-state index in [1.807, 2.05) is 24.3 Å². The van der Waals surface area contributed by atoms with E-state index in [0.29, 0.717) is 13.1 Å². The zero-order chi connectivity index (χ0) is 13.1. The zero-order valence-electron chi connectivity index (χ0n) is 9.67. The molecule has 1 unspecified atom stereocenters. The van der Waals surface area contributed by atoms with E-state index in [1.54, 1.807) is 0 Å². The molecule has 1 aromatic rings. The summed E-state index contributed by atoms with van der Waals surface area (Å²) in [4.78, 5) is 24.0. The summed E-state index contributed by atoms with van der Waals surface area (Å²) in [6.45, 7) is 0.293. The van der Waals surface area contributed by atoms with E-state index in [-0.39, 0.29) is 0 Å². The highest BCUT2D eigenvalue weighted by Gasteiger charge is 2.26. The van der Waals surface area contributed by atoms with E-state index in [1.165, 1.54) is 4.90 Å². The summed E-state index contributed by atoms with van der Waals surface area (Å²) in [5.41, 5.74) is 2.12. The van der Waals surface area contributed by atoms with Crippen molar-refractivity contribution in [2.45, 2.75) is 19.1 Å². The Morgan fingerprint density at radius 3 is 2.28 bits per heavy atom. The molecule has 1 heterocycles. The van der Waals surface area contributed by atoms with Gasteiger partial charge in [-0.1, -0.05) is 24.3 Å². The van der Waals surface area contributed by atoms with Crippen LogP contribution in [0.15, 0.2) is 24.3 Å². The van der Waals surface area contributed by atoms with Crippen molar-refractivity contribution in [3.8, 4) is 0 Å². The Hall–Kier alpha value is -2.08. The predicted molar refractivity (Wildman–Crippen MR) is 62.7 cm³/mol.